The maximum atomic E-state index is 13.9. The van der Waals surface area contributed by atoms with Gasteiger partial charge in [-0.25, -0.2) is 23.5 Å². The van der Waals surface area contributed by atoms with Gasteiger partial charge in [0.2, 0.25) is 0 Å². The third kappa shape index (κ3) is 4.11. The van der Waals surface area contributed by atoms with Gasteiger partial charge in [-0.2, -0.15) is 0 Å². The molecule has 0 atom stereocenters. The van der Waals surface area contributed by atoms with Crippen molar-refractivity contribution in [3.63, 3.8) is 0 Å². The molecule has 3 heterocycles. The second-order valence-corrected chi connectivity index (χ2v) is 5.62. The van der Waals surface area contributed by atoms with Crippen LogP contribution in [0.15, 0.2) is 30.6 Å². The molecule has 25 heavy (non-hydrogen) atoms. The van der Waals surface area contributed by atoms with E-state index in [0.29, 0.717) is 38.4 Å². The Morgan fingerprint density at radius 3 is 2.68 bits per heavy atom. The first kappa shape index (κ1) is 16.9. The molecule has 0 bridgehead atoms. The summed E-state index contributed by atoms with van der Waals surface area (Å²) in [4.78, 5) is 23.3. The van der Waals surface area contributed by atoms with Crippen LogP contribution in [0.2, 0.25) is 0 Å². The van der Waals surface area contributed by atoms with Gasteiger partial charge < -0.3 is 14.9 Å². The largest absolute Gasteiger partial charge is 0.506 e. The van der Waals surface area contributed by atoms with Crippen LogP contribution in [-0.2, 0) is 0 Å². The standard InChI is InChI=1S/C16H17F2N5O2/c17-11-8-13(18)15(20-9-11)22-4-1-5-23(7-6-22)16(25)21-14-3-2-12(24)10-19-14/h2-3,8-10,24H,1,4-7H2,(H,19,21,25). The molecule has 2 aromatic rings. The van der Waals surface area contributed by atoms with Crippen LogP contribution >= 0.6 is 0 Å². The second-order valence-electron chi connectivity index (χ2n) is 5.62. The van der Waals surface area contributed by atoms with Crippen LogP contribution in [0.4, 0.5) is 25.2 Å². The number of carbonyl (C=O) groups is 1. The fraction of sp³-hybridized carbons (Fsp3) is 0.312. The fourth-order valence-corrected chi connectivity index (χ4v) is 2.62. The van der Waals surface area contributed by atoms with Gasteiger partial charge in [0.05, 0.1) is 12.4 Å². The third-order valence-electron chi connectivity index (χ3n) is 3.85. The smallest absolute Gasteiger partial charge is 0.323 e. The number of carbonyl (C=O) groups excluding carboxylic acids is 1. The molecule has 1 fully saturated rings. The highest BCUT2D eigenvalue weighted by atomic mass is 19.1. The Labute approximate surface area is 142 Å². The molecule has 0 saturated carbocycles. The summed E-state index contributed by atoms with van der Waals surface area (Å²) >= 11 is 0. The molecule has 3 rings (SSSR count). The molecule has 1 saturated heterocycles. The lowest BCUT2D eigenvalue weighted by atomic mass is 10.3. The number of urea groups is 1. The topological polar surface area (TPSA) is 81.6 Å². The number of halogens is 2. The van der Waals surface area contributed by atoms with E-state index in [2.05, 4.69) is 15.3 Å². The molecular weight excluding hydrogens is 332 g/mol. The number of hydrogen-bond donors (Lipinski definition) is 2. The van der Waals surface area contributed by atoms with Crippen molar-refractivity contribution in [2.75, 3.05) is 36.4 Å². The minimum atomic E-state index is -0.724. The average molecular weight is 349 g/mol. The van der Waals surface area contributed by atoms with E-state index < -0.39 is 11.6 Å². The summed E-state index contributed by atoms with van der Waals surface area (Å²) in [6.45, 7) is 1.74. The Kier molecular flexibility index (Phi) is 4.92. The number of aromatic nitrogens is 2. The van der Waals surface area contributed by atoms with E-state index in [1.165, 1.54) is 18.3 Å². The van der Waals surface area contributed by atoms with E-state index in [1.54, 1.807) is 9.80 Å². The molecule has 7 nitrogen and oxygen atoms in total. The van der Waals surface area contributed by atoms with Crippen molar-refractivity contribution in [1.29, 1.82) is 0 Å². The van der Waals surface area contributed by atoms with E-state index in [-0.39, 0.29) is 17.6 Å². The minimum absolute atomic E-state index is 0.0113. The Morgan fingerprint density at radius 1 is 1.12 bits per heavy atom. The molecule has 132 valence electrons. The first-order valence-electron chi connectivity index (χ1n) is 7.80. The molecule has 2 aromatic heterocycles. The monoisotopic (exact) mass is 349 g/mol. The number of anilines is 2. The lowest BCUT2D eigenvalue weighted by molar-refractivity contribution is 0.215. The van der Waals surface area contributed by atoms with Crippen molar-refractivity contribution in [2.24, 2.45) is 0 Å². The number of rotatable bonds is 2. The van der Waals surface area contributed by atoms with Gasteiger partial charge in [0.25, 0.3) is 0 Å². The third-order valence-corrected chi connectivity index (χ3v) is 3.85. The molecular formula is C16H17F2N5O2. The van der Waals surface area contributed by atoms with E-state index in [0.717, 1.165) is 12.3 Å². The number of hydrogen-bond acceptors (Lipinski definition) is 5. The van der Waals surface area contributed by atoms with Gasteiger partial charge in [0.1, 0.15) is 17.4 Å². The Balaban J connectivity index is 1.62. The molecule has 2 amide bonds. The van der Waals surface area contributed by atoms with Crippen molar-refractivity contribution < 1.29 is 18.7 Å². The Bertz CT molecular complexity index is 757. The molecule has 0 aliphatic carbocycles. The van der Waals surface area contributed by atoms with Crippen LogP contribution in [0.25, 0.3) is 0 Å². The lowest BCUT2D eigenvalue weighted by Crippen LogP contribution is -2.38. The number of nitrogens with zero attached hydrogens (tertiary/aromatic N) is 4. The molecule has 2 N–H and O–H groups in total. The molecule has 0 radical (unpaired) electrons. The molecule has 1 aliphatic heterocycles. The maximum absolute atomic E-state index is 13.9. The summed E-state index contributed by atoms with van der Waals surface area (Å²) in [5.74, 6) is -1.01. The zero-order chi connectivity index (χ0) is 17.8. The zero-order valence-corrected chi connectivity index (χ0v) is 13.3. The normalized spacial score (nSPS) is 15.0. The zero-order valence-electron chi connectivity index (χ0n) is 13.3. The van der Waals surface area contributed by atoms with Crippen molar-refractivity contribution in [3.8, 4) is 5.75 Å². The summed E-state index contributed by atoms with van der Waals surface area (Å²) in [7, 11) is 0. The van der Waals surface area contributed by atoms with Gasteiger partial charge in [-0.05, 0) is 18.6 Å². The van der Waals surface area contributed by atoms with Crippen LogP contribution in [0, 0.1) is 11.6 Å². The number of pyridine rings is 2. The van der Waals surface area contributed by atoms with Gasteiger partial charge in [0.15, 0.2) is 11.6 Å². The summed E-state index contributed by atoms with van der Waals surface area (Å²) < 4.78 is 26.9. The van der Waals surface area contributed by atoms with Gasteiger partial charge in [-0.1, -0.05) is 0 Å². The van der Waals surface area contributed by atoms with E-state index >= 15 is 0 Å². The highest BCUT2D eigenvalue weighted by molar-refractivity contribution is 5.88. The van der Waals surface area contributed by atoms with Gasteiger partial charge in [-0.15, -0.1) is 0 Å². The number of aromatic hydroxyl groups is 1. The molecule has 1 aliphatic rings. The van der Waals surface area contributed by atoms with Gasteiger partial charge in [0, 0.05) is 32.2 Å². The number of nitrogens with one attached hydrogen (secondary N) is 1. The number of amides is 2. The molecule has 0 spiro atoms. The highest BCUT2D eigenvalue weighted by Crippen LogP contribution is 2.19. The summed E-state index contributed by atoms with van der Waals surface area (Å²) in [6, 6.07) is 3.40. The molecule has 0 aromatic carbocycles. The van der Waals surface area contributed by atoms with Crippen molar-refractivity contribution in [3.05, 3.63) is 42.2 Å². The van der Waals surface area contributed by atoms with Crippen LogP contribution in [0.3, 0.4) is 0 Å². The minimum Gasteiger partial charge on any atom is -0.506 e. The van der Waals surface area contributed by atoms with Crippen molar-refractivity contribution in [2.45, 2.75) is 6.42 Å². The van der Waals surface area contributed by atoms with E-state index in [1.807, 2.05) is 0 Å². The predicted octanol–water partition coefficient (Wildman–Crippen LogP) is 2.20. The maximum Gasteiger partial charge on any atom is 0.323 e. The molecule has 0 unspecified atom stereocenters. The van der Waals surface area contributed by atoms with Crippen LogP contribution in [0.1, 0.15) is 6.42 Å². The Hall–Kier alpha value is -2.97. The first-order valence-corrected chi connectivity index (χ1v) is 7.80. The predicted molar refractivity (Wildman–Crippen MR) is 87.5 cm³/mol. The van der Waals surface area contributed by atoms with Crippen molar-refractivity contribution >= 4 is 17.7 Å². The molecule has 9 heteroatoms. The summed E-state index contributed by atoms with van der Waals surface area (Å²) in [5.41, 5.74) is 0. The van der Waals surface area contributed by atoms with Crippen molar-refractivity contribution in [1.82, 2.24) is 14.9 Å². The lowest BCUT2D eigenvalue weighted by Gasteiger charge is -2.23. The average Bonchev–Trinajstić information content (AvgIpc) is 2.83. The van der Waals surface area contributed by atoms with Crippen LogP contribution in [0.5, 0.6) is 5.75 Å². The highest BCUT2D eigenvalue weighted by Gasteiger charge is 2.22. The summed E-state index contributed by atoms with van der Waals surface area (Å²) in [5, 5.41) is 11.8. The van der Waals surface area contributed by atoms with E-state index in [9.17, 15) is 18.7 Å². The fourth-order valence-electron chi connectivity index (χ4n) is 2.62. The van der Waals surface area contributed by atoms with E-state index in [4.69, 9.17) is 0 Å². The second kappa shape index (κ2) is 7.29. The van der Waals surface area contributed by atoms with Crippen LogP contribution in [-0.4, -0.2) is 52.2 Å². The quantitative estimate of drug-likeness (QED) is 0.869. The first-order chi connectivity index (χ1) is 12.0. The SMILES string of the molecule is O=C(Nc1ccc(O)cn1)N1CCCN(c2ncc(F)cc2F)CC1. The Morgan fingerprint density at radius 2 is 1.96 bits per heavy atom. The van der Waals surface area contributed by atoms with Gasteiger partial charge >= 0.3 is 6.03 Å². The van der Waals surface area contributed by atoms with Crippen LogP contribution < -0.4 is 10.2 Å². The van der Waals surface area contributed by atoms with Gasteiger partial charge in [-0.3, -0.25) is 5.32 Å². The summed E-state index contributed by atoms with van der Waals surface area (Å²) in [6.07, 6.45) is 2.84.